The Morgan fingerprint density at radius 1 is 1.03 bits per heavy atom. The quantitative estimate of drug-likeness (QED) is 0.474. The molecule has 3 heterocycles. The molecular formula is C23H20ClFN6O. The third-order valence-electron chi connectivity index (χ3n) is 5.53. The fraction of sp³-hybridized carbons (Fsp3) is 0.217. The maximum Gasteiger partial charge on any atom is 0.253 e. The van der Waals surface area contributed by atoms with E-state index in [2.05, 4.69) is 20.0 Å². The molecule has 0 aliphatic carbocycles. The van der Waals surface area contributed by atoms with Crippen LogP contribution in [0.25, 0.3) is 16.7 Å². The standard InChI is InChI=1S/C23H20ClFN6O/c1-15-27-21(20-14-26-31(22(20)28-15)19-4-2-3-17(24)13-19)29-9-11-30(12-10-29)23(32)16-5-7-18(25)8-6-16/h2-8,13-14H,9-12H2,1H3. The van der Waals surface area contributed by atoms with Gasteiger partial charge in [0, 0.05) is 36.8 Å². The molecule has 32 heavy (non-hydrogen) atoms. The summed E-state index contributed by atoms with van der Waals surface area (Å²) in [7, 11) is 0. The number of amides is 1. The zero-order valence-corrected chi connectivity index (χ0v) is 18.1. The smallest absolute Gasteiger partial charge is 0.253 e. The van der Waals surface area contributed by atoms with Gasteiger partial charge in [0.1, 0.15) is 17.5 Å². The molecule has 0 spiro atoms. The lowest BCUT2D eigenvalue weighted by Crippen LogP contribution is -2.49. The first-order chi connectivity index (χ1) is 15.5. The average Bonchev–Trinajstić information content (AvgIpc) is 3.22. The van der Waals surface area contributed by atoms with E-state index >= 15 is 0 Å². The van der Waals surface area contributed by atoms with Crippen LogP contribution in [-0.2, 0) is 0 Å². The van der Waals surface area contributed by atoms with Crippen molar-refractivity contribution in [2.45, 2.75) is 6.92 Å². The zero-order valence-electron chi connectivity index (χ0n) is 17.4. The molecule has 1 amide bonds. The fourth-order valence-electron chi connectivity index (χ4n) is 3.93. The number of benzene rings is 2. The van der Waals surface area contributed by atoms with E-state index in [0.717, 1.165) is 16.9 Å². The summed E-state index contributed by atoms with van der Waals surface area (Å²) in [4.78, 5) is 26.0. The number of nitrogens with zero attached hydrogens (tertiary/aromatic N) is 6. The van der Waals surface area contributed by atoms with Gasteiger partial charge in [0.05, 0.1) is 17.3 Å². The summed E-state index contributed by atoms with van der Waals surface area (Å²) in [6.45, 7) is 4.20. The molecule has 0 N–H and O–H groups in total. The number of anilines is 1. The number of aromatic nitrogens is 4. The SMILES string of the molecule is Cc1nc(N2CCN(C(=O)c3ccc(F)cc3)CC2)c2cnn(-c3cccc(Cl)c3)c2n1. The van der Waals surface area contributed by atoms with Gasteiger partial charge in [0.2, 0.25) is 0 Å². The van der Waals surface area contributed by atoms with Crippen LogP contribution in [0.3, 0.4) is 0 Å². The first-order valence-electron chi connectivity index (χ1n) is 10.3. The summed E-state index contributed by atoms with van der Waals surface area (Å²) in [6, 6.07) is 13.1. The zero-order chi connectivity index (χ0) is 22.2. The van der Waals surface area contributed by atoms with Crippen molar-refractivity contribution < 1.29 is 9.18 Å². The highest BCUT2D eigenvalue weighted by molar-refractivity contribution is 6.30. The van der Waals surface area contributed by atoms with Gasteiger partial charge >= 0.3 is 0 Å². The summed E-state index contributed by atoms with van der Waals surface area (Å²) in [5.41, 5.74) is 2.02. The molecule has 2 aromatic carbocycles. The molecule has 0 bridgehead atoms. The second-order valence-electron chi connectivity index (χ2n) is 7.65. The minimum Gasteiger partial charge on any atom is -0.352 e. The summed E-state index contributed by atoms with van der Waals surface area (Å²) in [6.07, 6.45) is 1.76. The number of hydrogen-bond acceptors (Lipinski definition) is 5. The van der Waals surface area contributed by atoms with Crippen LogP contribution in [0.5, 0.6) is 0 Å². The van der Waals surface area contributed by atoms with Crippen molar-refractivity contribution in [1.29, 1.82) is 0 Å². The van der Waals surface area contributed by atoms with Crippen LogP contribution in [0.2, 0.25) is 5.02 Å². The Morgan fingerprint density at radius 3 is 2.50 bits per heavy atom. The topological polar surface area (TPSA) is 67.2 Å². The lowest BCUT2D eigenvalue weighted by Gasteiger charge is -2.35. The normalized spacial score (nSPS) is 14.2. The molecule has 0 atom stereocenters. The second kappa shape index (κ2) is 8.20. The third-order valence-corrected chi connectivity index (χ3v) is 5.77. The van der Waals surface area contributed by atoms with Crippen LogP contribution in [-0.4, -0.2) is 56.7 Å². The van der Waals surface area contributed by atoms with E-state index in [9.17, 15) is 9.18 Å². The van der Waals surface area contributed by atoms with Gasteiger partial charge in [-0.2, -0.15) is 5.10 Å². The lowest BCUT2D eigenvalue weighted by molar-refractivity contribution is 0.0746. The highest BCUT2D eigenvalue weighted by Crippen LogP contribution is 2.27. The molecule has 162 valence electrons. The van der Waals surface area contributed by atoms with Crippen LogP contribution in [0.1, 0.15) is 16.2 Å². The summed E-state index contributed by atoms with van der Waals surface area (Å²) >= 11 is 6.16. The van der Waals surface area contributed by atoms with Crippen molar-refractivity contribution in [2.24, 2.45) is 0 Å². The number of aryl methyl sites for hydroxylation is 1. The number of piperazine rings is 1. The maximum atomic E-state index is 13.2. The molecule has 1 aliphatic heterocycles. The van der Waals surface area contributed by atoms with Gasteiger partial charge in [-0.1, -0.05) is 17.7 Å². The van der Waals surface area contributed by atoms with E-state index in [1.54, 1.807) is 15.8 Å². The van der Waals surface area contributed by atoms with Gasteiger partial charge in [-0.05, 0) is 49.4 Å². The van der Waals surface area contributed by atoms with Crippen LogP contribution in [0, 0.1) is 12.7 Å². The third kappa shape index (κ3) is 3.78. The van der Waals surface area contributed by atoms with Crippen molar-refractivity contribution in [2.75, 3.05) is 31.1 Å². The molecule has 4 aromatic rings. The first-order valence-corrected chi connectivity index (χ1v) is 10.7. The van der Waals surface area contributed by atoms with E-state index in [4.69, 9.17) is 11.6 Å². The van der Waals surface area contributed by atoms with Gasteiger partial charge < -0.3 is 9.80 Å². The predicted molar refractivity (Wildman–Crippen MR) is 121 cm³/mol. The van der Waals surface area contributed by atoms with Gasteiger partial charge in [0.15, 0.2) is 5.65 Å². The van der Waals surface area contributed by atoms with Crippen molar-refractivity contribution in [3.8, 4) is 5.69 Å². The first kappa shape index (κ1) is 20.4. The van der Waals surface area contributed by atoms with Crippen LogP contribution in [0.15, 0.2) is 54.7 Å². The Morgan fingerprint density at radius 2 is 1.78 bits per heavy atom. The average molecular weight is 451 g/mol. The largest absolute Gasteiger partial charge is 0.352 e. The minimum absolute atomic E-state index is 0.0950. The molecule has 0 unspecified atom stereocenters. The Labute approximate surface area is 189 Å². The van der Waals surface area contributed by atoms with E-state index in [0.29, 0.717) is 48.2 Å². The Bertz CT molecular complexity index is 1300. The van der Waals surface area contributed by atoms with Crippen molar-refractivity contribution in [3.05, 3.63) is 77.0 Å². The van der Waals surface area contributed by atoms with Crippen LogP contribution >= 0.6 is 11.6 Å². The van der Waals surface area contributed by atoms with Crippen LogP contribution < -0.4 is 4.90 Å². The van der Waals surface area contributed by atoms with E-state index in [1.165, 1.54) is 24.3 Å². The van der Waals surface area contributed by atoms with E-state index in [1.807, 2.05) is 31.2 Å². The molecule has 5 rings (SSSR count). The number of carbonyl (C=O) groups excluding carboxylic acids is 1. The number of halogens is 2. The predicted octanol–water partition coefficient (Wildman–Crippen LogP) is 3.88. The number of carbonyl (C=O) groups is 1. The van der Waals surface area contributed by atoms with Gasteiger partial charge in [-0.25, -0.2) is 19.0 Å². The molecule has 1 aliphatic rings. The summed E-state index contributed by atoms with van der Waals surface area (Å²) in [5.74, 6) is 0.992. The highest BCUT2D eigenvalue weighted by atomic mass is 35.5. The van der Waals surface area contributed by atoms with Crippen molar-refractivity contribution >= 4 is 34.4 Å². The highest BCUT2D eigenvalue weighted by Gasteiger charge is 2.25. The molecular weight excluding hydrogens is 431 g/mol. The Balaban J connectivity index is 1.40. The molecule has 0 radical (unpaired) electrons. The summed E-state index contributed by atoms with van der Waals surface area (Å²) < 4.78 is 14.9. The van der Waals surface area contributed by atoms with Gasteiger partial charge in [0.25, 0.3) is 5.91 Å². The van der Waals surface area contributed by atoms with Crippen molar-refractivity contribution in [1.82, 2.24) is 24.6 Å². The lowest BCUT2D eigenvalue weighted by atomic mass is 10.1. The van der Waals surface area contributed by atoms with Gasteiger partial charge in [-0.15, -0.1) is 0 Å². The molecule has 7 nitrogen and oxygen atoms in total. The molecule has 2 aromatic heterocycles. The Kier molecular flexibility index (Phi) is 5.22. The molecule has 1 saturated heterocycles. The maximum absolute atomic E-state index is 13.2. The number of fused-ring (bicyclic) bond motifs is 1. The Hall–Kier alpha value is -3.52. The fourth-order valence-corrected chi connectivity index (χ4v) is 4.12. The van der Waals surface area contributed by atoms with Crippen molar-refractivity contribution in [3.63, 3.8) is 0 Å². The second-order valence-corrected chi connectivity index (χ2v) is 8.09. The van der Waals surface area contributed by atoms with E-state index in [-0.39, 0.29) is 11.7 Å². The molecule has 0 saturated carbocycles. The summed E-state index contributed by atoms with van der Waals surface area (Å²) in [5, 5.41) is 5.99. The number of hydrogen-bond donors (Lipinski definition) is 0. The van der Waals surface area contributed by atoms with Gasteiger partial charge in [-0.3, -0.25) is 4.79 Å². The number of rotatable bonds is 3. The van der Waals surface area contributed by atoms with Crippen LogP contribution in [0.4, 0.5) is 10.2 Å². The molecule has 9 heteroatoms. The monoisotopic (exact) mass is 450 g/mol. The molecule has 1 fully saturated rings. The van der Waals surface area contributed by atoms with E-state index < -0.39 is 0 Å². The minimum atomic E-state index is -0.354.